The highest BCUT2D eigenvalue weighted by molar-refractivity contribution is 5.85. The first-order valence-electron chi connectivity index (χ1n) is 7.04. The Morgan fingerprint density at radius 3 is 2.54 bits per heavy atom. The van der Waals surface area contributed by atoms with Crippen molar-refractivity contribution in [3.05, 3.63) is 52.4 Å². The zero-order valence-electron chi connectivity index (χ0n) is 13.0. The number of phenolic OH excluding ortho intramolecular Hbond substituents is 2. The second-order valence-corrected chi connectivity index (χ2v) is 5.14. The largest absolute Gasteiger partial charge is 0.508 e. The van der Waals surface area contributed by atoms with E-state index in [0.29, 0.717) is 22.4 Å². The SMILES string of the molecule is COc1cc(O)ccc1N=Nc1cc2c(C)cc(=O)oc2cc1O. The molecule has 0 saturated heterocycles. The van der Waals surface area contributed by atoms with E-state index in [4.69, 9.17) is 9.15 Å². The van der Waals surface area contributed by atoms with Crippen LogP contribution in [0.2, 0.25) is 0 Å². The van der Waals surface area contributed by atoms with Crippen LogP contribution in [0.5, 0.6) is 17.2 Å². The molecule has 0 spiro atoms. The van der Waals surface area contributed by atoms with E-state index in [9.17, 15) is 15.0 Å². The van der Waals surface area contributed by atoms with Crippen LogP contribution in [0.3, 0.4) is 0 Å². The normalized spacial score (nSPS) is 11.2. The van der Waals surface area contributed by atoms with E-state index in [-0.39, 0.29) is 22.8 Å². The van der Waals surface area contributed by atoms with E-state index in [0.717, 1.165) is 0 Å². The fraction of sp³-hybridized carbons (Fsp3) is 0.118. The summed E-state index contributed by atoms with van der Waals surface area (Å²) in [6, 6.07) is 8.68. The number of nitrogens with zero attached hydrogens (tertiary/aromatic N) is 2. The van der Waals surface area contributed by atoms with Crippen LogP contribution in [0, 0.1) is 6.92 Å². The Kier molecular flexibility index (Phi) is 3.91. The third-order valence-corrected chi connectivity index (χ3v) is 3.48. The van der Waals surface area contributed by atoms with Gasteiger partial charge in [0.1, 0.15) is 34.2 Å². The van der Waals surface area contributed by atoms with Crippen molar-refractivity contribution in [2.75, 3.05) is 7.11 Å². The highest BCUT2D eigenvalue weighted by Gasteiger charge is 2.09. The van der Waals surface area contributed by atoms with Gasteiger partial charge in [-0.15, -0.1) is 10.2 Å². The lowest BCUT2D eigenvalue weighted by Gasteiger charge is -2.05. The lowest BCUT2D eigenvalue weighted by Crippen LogP contribution is -1.97. The van der Waals surface area contributed by atoms with Gasteiger partial charge >= 0.3 is 5.63 Å². The van der Waals surface area contributed by atoms with Gasteiger partial charge in [0.05, 0.1) is 7.11 Å². The quantitative estimate of drug-likeness (QED) is 0.560. The molecule has 0 unspecified atom stereocenters. The van der Waals surface area contributed by atoms with Crippen LogP contribution >= 0.6 is 0 Å². The molecular weight excluding hydrogens is 312 g/mol. The van der Waals surface area contributed by atoms with Gasteiger partial charge in [0.25, 0.3) is 0 Å². The minimum absolute atomic E-state index is 0.0463. The maximum atomic E-state index is 11.4. The standard InChI is InChI=1S/C17H14N2O5/c1-9-5-17(22)24-15-8-14(21)13(7-11(9)15)19-18-12-4-3-10(20)6-16(12)23-2/h3-8,20-21H,1-2H3. The average molecular weight is 326 g/mol. The number of rotatable bonds is 3. The Morgan fingerprint density at radius 1 is 1.04 bits per heavy atom. The molecule has 24 heavy (non-hydrogen) atoms. The van der Waals surface area contributed by atoms with E-state index in [1.165, 1.54) is 31.4 Å². The summed E-state index contributed by atoms with van der Waals surface area (Å²) in [6.07, 6.45) is 0. The number of aromatic hydroxyl groups is 2. The summed E-state index contributed by atoms with van der Waals surface area (Å²) >= 11 is 0. The summed E-state index contributed by atoms with van der Waals surface area (Å²) in [5.41, 5.74) is 1.11. The first-order chi connectivity index (χ1) is 11.5. The topological polar surface area (TPSA) is 105 Å². The molecule has 0 fully saturated rings. The first kappa shape index (κ1) is 15.5. The van der Waals surface area contributed by atoms with E-state index in [1.54, 1.807) is 19.1 Å². The average Bonchev–Trinajstić information content (AvgIpc) is 2.53. The molecule has 0 aliphatic rings. The number of phenols is 2. The number of hydrogen-bond acceptors (Lipinski definition) is 7. The van der Waals surface area contributed by atoms with Crippen molar-refractivity contribution in [2.45, 2.75) is 6.92 Å². The molecule has 0 amide bonds. The molecule has 1 heterocycles. The Hall–Kier alpha value is -3.35. The van der Waals surface area contributed by atoms with Gasteiger partial charge in [0, 0.05) is 23.6 Å². The van der Waals surface area contributed by atoms with Crippen molar-refractivity contribution in [1.82, 2.24) is 0 Å². The van der Waals surface area contributed by atoms with Crippen LogP contribution in [0.25, 0.3) is 11.0 Å². The molecule has 0 aliphatic heterocycles. The van der Waals surface area contributed by atoms with Crippen molar-refractivity contribution in [1.29, 1.82) is 0 Å². The fourth-order valence-electron chi connectivity index (χ4n) is 2.28. The monoisotopic (exact) mass is 326 g/mol. The number of hydrogen-bond donors (Lipinski definition) is 2. The fourth-order valence-corrected chi connectivity index (χ4v) is 2.28. The summed E-state index contributed by atoms with van der Waals surface area (Å²) < 4.78 is 10.2. The molecule has 2 N–H and O–H groups in total. The Bertz CT molecular complexity index is 1010. The summed E-state index contributed by atoms with van der Waals surface area (Å²) in [5.74, 6) is 0.226. The minimum Gasteiger partial charge on any atom is -0.508 e. The molecule has 122 valence electrons. The Labute approximate surface area is 136 Å². The summed E-state index contributed by atoms with van der Waals surface area (Å²) in [5, 5.41) is 28.2. The second kappa shape index (κ2) is 6.04. The highest BCUT2D eigenvalue weighted by atomic mass is 16.5. The molecule has 0 saturated carbocycles. The summed E-state index contributed by atoms with van der Waals surface area (Å²) in [7, 11) is 1.45. The second-order valence-electron chi connectivity index (χ2n) is 5.14. The zero-order valence-corrected chi connectivity index (χ0v) is 13.0. The van der Waals surface area contributed by atoms with Crippen LogP contribution in [-0.4, -0.2) is 17.3 Å². The van der Waals surface area contributed by atoms with Gasteiger partial charge in [-0.3, -0.25) is 0 Å². The third kappa shape index (κ3) is 2.91. The lowest BCUT2D eigenvalue weighted by atomic mass is 10.1. The number of azo groups is 1. The molecule has 3 aromatic rings. The number of ether oxygens (including phenoxy) is 1. The lowest BCUT2D eigenvalue weighted by molar-refractivity contribution is 0.408. The van der Waals surface area contributed by atoms with Crippen LogP contribution in [0.1, 0.15) is 5.56 Å². The maximum absolute atomic E-state index is 11.4. The first-order valence-corrected chi connectivity index (χ1v) is 7.04. The van der Waals surface area contributed by atoms with Crippen LogP contribution in [-0.2, 0) is 0 Å². The Balaban J connectivity index is 2.07. The van der Waals surface area contributed by atoms with Gasteiger partial charge in [-0.05, 0) is 30.7 Å². The summed E-state index contributed by atoms with van der Waals surface area (Å²) in [6.45, 7) is 1.76. The van der Waals surface area contributed by atoms with Crippen molar-refractivity contribution < 1.29 is 19.4 Å². The number of fused-ring (bicyclic) bond motifs is 1. The molecule has 0 radical (unpaired) electrons. The van der Waals surface area contributed by atoms with E-state index < -0.39 is 5.63 Å². The smallest absolute Gasteiger partial charge is 0.336 e. The maximum Gasteiger partial charge on any atom is 0.336 e. The number of methoxy groups -OCH3 is 1. The molecular formula is C17H14N2O5. The van der Waals surface area contributed by atoms with Gasteiger partial charge in [-0.1, -0.05) is 0 Å². The van der Waals surface area contributed by atoms with Crippen LogP contribution in [0.4, 0.5) is 11.4 Å². The molecule has 7 nitrogen and oxygen atoms in total. The molecule has 0 atom stereocenters. The zero-order chi connectivity index (χ0) is 17.3. The van der Waals surface area contributed by atoms with Gasteiger partial charge in [-0.2, -0.15) is 0 Å². The third-order valence-electron chi connectivity index (χ3n) is 3.48. The van der Waals surface area contributed by atoms with Crippen molar-refractivity contribution in [3.8, 4) is 17.2 Å². The van der Waals surface area contributed by atoms with Gasteiger partial charge < -0.3 is 19.4 Å². The van der Waals surface area contributed by atoms with E-state index in [2.05, 4.69) is 10.2 Å². The molecule has 3 rings (SSSR count). The van der Waals surface area contributed by atoms with Gasteiger partial charge in [0.2, 0.25) is 0 Å². The van der Waals surface area contributed by atoms with Crippen LogP contribution < -0.4 is 10.4 Å². The number of benzene rings is 2. The van der Waals surface area contributed by atoms with Gasteiger partial charge in [-0.25, -0.2) is 4.79 Å². The molecule has 0 bridgehead atoms. The number of aryl methyl sites for hydroxylation is 1. The molecule has 0 aliphatic carbocycles. The molecule has 7 heteroatoms. The van der Waals surface area contributed by atoms with Crippen molar-refractivity contribution in [3.63, 3.8) is 0 Å². The predicted molar refractivity (Wildman–Crippen MR) is 87.7 cm³/mol. The van der Waals surface area contributed by atoms with E-state index >= 15 is 0 Å². The van der Waals surface area contributed by atoms with Crippen molar-refractivity contribution >= 4 is 22.3 Å². The van der Waals surface area contributed by atoms with Crippen molar-refractivity contribution in [2.24, 2.45) is 10.2 Å². The Morgan fingerprint density at radius 2 is 1.79 bits per heavy atom. The molecule has 1 aromatic heterocycles. The predicted octanol–water partition coefficient (Wildman–Crippen LogP) is 3.94. The minimum atomic E-state index is -0.484. The molecule has 2 aromatic carbocycles. The van der Waals surface area contributed by atoms with Gasteiger partial charge in [0.15, 0.2) is 0 Å². The van der Waals surface area contributed by atoms with Crippen LogP contribution in [0.15, 0.2) is 55.8 Å². The summed E-state index contributed by atoms with van der Waals surface area (Å²) in [4.78, 5) is 11.4. The van der Waals surface area contributed by atoms with E-state index in [1.807, 2.05) is 0 Å². The highest BCUT2D eigenvalue weighted by Crippen LogP contribution is 2.36.